The molecule has 0 atom stereocenters. The van der Waals surface area contributed by atoms with Crippen LogP contribution in [-0.2, 0) is 11.3 Å². The van der Waals surface area contributed by atoms with Crippen LogP contribution in [0, 0.1) is 0 Å². The zero-order valence-electron chi connectivity index (χ0n) is 10.5. The largest absolute Gasteiger partial charge is 0.457 e. The van der Waals surface area contributed by atoms with Crippen LogP contribution in [0.1, 0.15) is 15.9 Å². The van der Waals surface area contributed by atoms with E-state index in [0.717, 1.165) is 15.7 Å². The minimum Gasteiger partial charge on any atom is -0.457 e. The molecule has 98 valence electrons. The van der Waals surface area contributed by atoms with Crippen LogP contribution in [-0.4, -0.2) is 13.0 Å². The van der Waals surface area contributed by atoms with Crippen LogP contribution in [0.3, 0.4) is 0 Å². The summed E-state index contributed by atoms with van der Waals surface area (Å²) in [5.41, 5.74) is 2.45. The SMILES string of the molecule is CNc1ccc(C(=O)OCc2ccccc2Br)cc1. The predicted molar refractivity (Wildman–Crippen MR) is 79.3 cm³/mol. The van der Waals surface area contributed by atoms with Gasteiger partial charge in [-0.05, 0) is 30.3 Å². The molecular formula is C15H14BrNO2. The molecule has 3 nitrogen and oxygen atoms in total. The molecular weight excluding hydrogens is 306 g/mol. The van der Waals surface area contributed by atoms with Gasteiger partial charge in [-0.25, -0.2) is 4.79 Å². The Hall–Kier alpha value is -1.81. The molecule has 1 N–H and O–H groups in total. The molecule has 2 rings (SSSR count). The molecule has 0 saturated heterocycles. The highest BCUT2D eigenvalue weighted by Crippen LogP contribution is 2.17. The van der Waals surface area contributed by atoms with Crippen LogP contribution in [0.5, 0.6) is 0 Å². The summed E-state index contributed by atoms with van der Waals surface area (Å²) in [5, 5.41) is 3.00. The van der Waals surface area contributed by atoms with Gasteiger partial charge in [-0.3, -0.25) is 0 Å². The van der Waals surface area contributed by atoms with Crippen LogP contribution in [0.15, 0.2) is 53.0 Å². The molecule has 0 aliphatic carbocycles. The molecule has 0 spiro atoms. The van der Waals surface area contributed by atoms with Crippen molar-refractivity contribution in [3.05, 3.63) is 64.1 Å². The Morgan fingerprint density at radius 2 is 1.84 bits per heavy atom. The van der Waals surface area contributed by atoms with Crippen LogP contribution in [0.25, 0.3) is 0 Å². The molecule has 0 bridgehead atoms. The van der Waals surface area contributed by atoms with Gasteiger partial charge in [0.2, 0.25) is 0 Å². The minimum atomic E-state index is -0.321. The lowest BCUT2D eigenvalue weighted by molar-refractivity contribution is 0.0472. The Morgan fingerprint density at radius 3 is 2.47 bits per heavy atom. The summed E-state index contributed by atoms with van der Waals surface area (Å²) in [7, 11) is 1.83. The Morgan fingerprint density at radius 1 is 1.16 bits per heavy atom. The Kier molecular flexibility index (Phi) is 4.58. The monoisotopic (exact) mass is 319 g/mol. The van der Waals surface area contributed by atoms with E-state index in [0.29, 0.717) is 5.56 Å². The quantitative estimate of drug-likeness (QED) is 0.870. The lowest BCUT2D eigenvalue weighted by Crippen LogP contribution is -2.05. The average molecular weight is 320 g/mol. The molecule has 0 aromatic heterocycles. The van der Waals surface area contributed by atoms with E-state index >= 15 is 0 Å². The molecule has 0 heterocycles. The number of carbonyl (C=O) groups excluding carboxylic acids is 1. The molecule has 2 aromatic carbocycles. The van der Waals surface area contributed by atoms with Gasteiger partial charge in [0, 0.05) is 22.8 Å². The fourth-order valence-electron chi connectivity index (χ4n) is 1.62. The Labute approximate surface area is 120 Å². The number of ether oxygens (including phenoxy) is 1. The predicted octanol–water partition coefficient (Wildman–Crippen LogP) is 3.85. The average Bonchev–Trinajstić information content (AvgIpc) is 2.46. The molecule has 0 aliphatic heterocycles. The number of hydrogen-bond donors (Lipinski definition) is 1. The molecule has 0 aliphatic rings. The van der Waals surface area contributed by atoms with E-state index < -0.39 is 0 Å². The van der Waals surface area contributed by atoms with Crippen LogP contribution in [0.2, 0.25) is 0 Å². The van der Waals surface area contributed by atoms with Crippen molar-refractivity contribution in [1.29, 1.82) is 0 Å². The highest BCUT2D eigenvalue weighted by atomic mass is 79.9. The molecule has 0 radical (unpaired) electrons. The van der Waals surface area contributed by atoms with E-state index in [2.05, 4.69) is 21.2 Å². The van der Waals surface area contributed by atoms with Gasteiger partial charge >= 0.3 is 5.97 Å². The zero-order valence-corrected chi connectivity index (χ0v) is 12.1. The second-order valence-electron chi connectivity index (χ2n) is 3.99. The van der Waals surface area contributed by atoms with Crippen molar-refractivity contribution in [2.75, 3.05) is 12.4 Å². The summed E-state index contributed by atoms with van der Waals surface area (Å²) in [6.45, 7) is 0.258. The molecule has 0 fully saturated rings. The summed E-state index contributed by atoms with van der Waals surface area (Å²) in [6, 6.07) is 14.8. The van der Waals surface area contributed by atoms with E-state index in [1.54, 1.807) is 12.1 Å². The zero-order chi connectivity index (χ0) is 13.7. The maximum absolute atomic E-state index is 11.9. The van der Waals surface area contributed by atoms with E-state index in [1.807, 2.05) is 43.4 Å². The first-order chi connectivity index (χ1) is 9.20. The number of carbonyl (C=O) groups is 1. The smallest absolute Gasteiger partial charge is 0.338 e. The summed E-state index contributed by atoms with van der Waals surface area (Å²) < 4.78 is 6.22. The van der Waals surface area contributed by atoms with Gasteiger partial charge in [-0.15, -0.1) is 0 Å². The number of nitrogens with one attached hydrogen (secondary N) is 1. The maximum Gasteiger partial charge on any atom is 0.338 e. The Bertz CT molecular complexity index is 567. The van der Waals surface area contributed by atoms with E-state index in [1.165, 1.54) is 0 Å². The third-order valence-corrected chi connectivity index (χ3v) is 3.50. The first-order valence-electron chi connectivity index (χ1n) is 5.89. The number of hydrogen-bond acceptors (Lipinski definition) is 3. The van der Waals surface area contributed by atoms with Gasteiger partial charge in [0.1, 0.15) is 6.61 Å². The number of rotatable bonds is 4. The maximum atomic E-state index is 11.9. The van der Waals surface area contributed by atoms with Crippen molar-refractivity contribution < 1.29 is 9.53 Å². The normalized spacial score (nSPS) is 10.0. The highest BCUT2D eigenvalue weighted by Gasteiger charge is 2.08. The highest BCUT2D eigenvalue weighted by molar-refractivity contribution is 9.10. The topological polar surface area (TPSA) is 38.3 Å². The van der Waals surface area contributed by atoms with Gasteiger partial charge in [0.05, 0.1) is 5.56 Å². The molecule has 2 aromatic rings. The van der Waals surface area contributed by atoms with Gasteiger partial charge in [0.25, 0.3) is 0 Å². The van der Waals surface area contributed by atoms with Crippen LogP contribution in [0.4, 0.5) is 5.69 Å². The fraction of sp³-hybridized carbons (Fsp3) is 0.133. The fourth-order valence-corrected chi connectivity index (χ4v) is 2.01. The summed E-state index contributed by atoms with van der Waals surface area (Å²) in [5.74, 6) is -0.321. The molecule has 4 heteroatoms. The van der Waals surface area contributed by atoms with Crippen molar-refractivity contribution in [3.63, 3.8) is 0 Å². The number of anilines is 1. The standard InChI is InChI=1S/C15H14BrNO2/c1-17-13-8-6-11(7-9-13)15(18)19-10-12-4-2-3-5-14(12)16/h2-9,17H,10H2,1H3. The van der Waals surface area contributed by atoms with Crippen molar-refractivity contribution in [2.24, 2.45) is 0 Å². The summed E-state index contributed by atoms with van der Waals surface area (Å²) >= 11 is 3.42. The van der Waals surface area contributed by atoms with E-state index in [9.17, 15) is 4.79 Å². The van der Waals surface area contributed by atoms with Crippen molar-refractivity contribution >= 4 is 27.6 Å². The first-order valence-corrected chi connectivity index (χ1v) is 6.68. The van der Waals surface area contributed by atoms with Crippen molar-refractivity contribution in [3.8, 4) is 0 Å². The van der Waals surface area contributed by atoms with Gasteiger partial charge in [-0.2, -0.15) is 0 Å². The summed E-state index contributed by atoms with van der Waals surface area (Å²) in [6.07, 6.45) is 0. The number of halogens is 1. The first kappa shape index (κ1) is 13.6. The van der Waals surface area contributed by atoms with E-state index in [-0.39, 0.29) is 12.6 Å². The summed E-state index contributed by atoms with van der Waals surface area (Å²) in [4.78, 5) is 11.9. The number of benzene rings is 2. The van der Waals surface area contributed by atoms with Crippen molar-refractivity contribution in [2.45, 2.75) is 6.61 Å². The second-order valence-corrected chi connectivity index (χ2v) is 4.85. The molecule has 0 amide bonds. The third kappa shape index (κ3) is 3.58. The van der Waals surface area contributed by atoms with Crippen LogP contribution >= 0.6 is 15.9 Å². The second kappa shape index (κ2) is 6.38. The molecule has 0 unspecified atom stereocenters. The molecule has 0 saturated carbocycles. The lowest BCUT2D eigenvalue weighted by atomic mass is 10.2. The number of esters is 1. The third-order valence-electron chi connectivity index (χ3n) is 2.73. The lowest BCUT2D eigenvalue weighted by Gasteiger charge is -2.07. The van der Waals surface area contributed by atoms with Gasteiger partial charge in [-0.1, -0.05) is 34.1 Å². The Balaban J connectivity index is 1.99. The molecule has 19 heavy (non-hydrogen) atoms. The van der Waals surface area contributed by atoms with Crippen LogP contribution < -0.4 is 5.32 Å². The minimum absolute atomic E-state index is 0.258. The van der Waals surface area contributed by atoms with Gasteiger partial charge in [0.15, 0.2) is 0 Å². The van der Waals surface area contributed by atoms with Gasteiger partial charge < -0.3 is 10.1 Å². The van der Waals surface area contributed by atoms with E-state index in [4.69, 9.17) is 4.74 Å². The van der Waals surface area contributed by atoms with Crippen molar-refractivity contribution in [1.82, 2.24) is 0 Å².